The van der Waals surface area contributed by atoms with Crippen molar-refractivity contribution in [1.29, 1.82) is 0 Å². The first-order chi connectivity index (χ1) is 8.52. The van der Waals surface area contributed by atoms with E-state index in [9.17, 15) is 9.59 Å². The molecule has 0 aromatic rings. The van der Waals surface area contributed by atoms with Crippen LogP contribution in [0.3, 0.4) is 0 Å². The lowest BCUT2D eigenvalue weighted by Crippen LogP contribution is -2.46. The zero-order valence-electron chi connectivity index (χ0n) is 11.2. The number of hydrogen-bond acceptors (Lipinski definition) is 5. The van der Waals surface area contributed by atoms with Crippen LogP contribution in [-0.4, -0.2) is 56.5 Å². The summed E-state index contributed by atoms with van der Waals surface area (Å²) in [6.07, 6.45) is -0.496. The molecule has 18 heavy (non-hydrogen) atoms. The maximum absolute atomic E-state index is 11.7. The van der Waals surface area contributed by atoms with Gasteiger partial charge in [-0.15, -0.1) is 0 Å². The van der Waals surface area contributed by atoms with E-state index in [1.54, 1.807) is 4.90 Å². The first kappa shape index (κ1) is 14.8. The second kappa shape index (κ2) is 7.20. The molecule has 1 aliphatic heterocycles. The number of rotatable bonds is 4. The SMILES string of the molecule is COC(=O)CC1CN(C(=O)OCC(C)C)CCO1. The van der Waals surface area contributed by atoms with Crippen molar-refractivity contribution in [2.24, 2.45) is 5.92 Å². The molecule has 0 bridgehead atoms. The quantitative estimate of drug-likeness (QED) is 0.706. The molecule has 6 nitrogen and oxygen atoms in total. The highest BCUT2D eigenvalue weighted by Crippen LogP contribution is 2.11. The second-order valence-electron chi connectivity index (χ2n) is 4.69. The van der Waals surface area contributed by atoms with Gasteiger partial charge in [-0.3, -0.25) is 4.79 Å². The Balaban J connectivity index is 2.38. The summed E-state index contributed by atoms with van der Waals surface area (Å²) < 4.78 is 15.1. The van der Waals surface area contributed by atoms with Crippen molar-refractivity contribution in [3.8, 4) is 0 Å². The van der Waals surface area contributed by atoms with Gasteiger partial charge in [-0.05, 0) is 5.92 Å². The summed E-state index contributed by atoms with van der Waals surface area (Å²) in [5, 5.41) is 0. The summed E-state index contributed by atoms with van der Waals surface area (Å²) in [6, 6.07) is 0. The predicted octanol–water partition coefficient (Wildman–Crippen LogP) is 1.04. The molecule has 0 aromatic heterocycles. The van der Waals surface area contributed by atoms with Crippen molar-refractivity contribution in [2.75, 3.05) is 33.4 Å². The van der Waals surface area contributed by atoms with E-state index in [1.807, 2.05) is 13.8 Å². The fourth-order valence-electron chi connectivity index (χ4n) is 1.61. The van der Waals surface area contributed by atoms with Crippen molar-refractivity contribution >= 4 is 12.1 Å². The topological polar surface area (TPSA) is 65.1 Å². The minimum Gasteiger partial charge on any atom is -0.469 e. The van der Waals surface area contributed by atoms with Crippen LogP contribution in [-0.2, 0) is 19.0 Å². The minimum absolute atomic E-state index is 0.157. The zero-order valence-corrected chi connectivity index (χ0v) is 11.2. The van der Waals surface area contributed by atoms with Crippen LogP contribution in [0.1, 0.15) is 20.3 Å². The number of amides is 1. The van der Waals surface area contributed by atoms with Crippen LogP contribution in [0.4, 0.5) is 4.79 Å². The van der Waals surface area contributed by atoms with Gasteiger partial charge in [0.05, 0.1) is 39.4 Å². The average molecular weight is 259 g/mol. The van der Waals surface area contributed by atoms with Crippen LogP contribution in [0.5, 0.6) is 0 Å². The lowest BCUT2D eigenvalue weighted by Gasteiger charge is -2.31. The standard InChI is InChI=1S/C12H21NO5/c1-9(2)8-18-12(15)13-4-5-17-10(7-13)6-11(14)16-3/h9-10H,4-8H2,1-3H3. The molecule has 6 heteroatoms. The van der Waals surface area contributed by atoms with E-state index in [2.05, 4.69) is 4.74 Å². The lowest BCUT2D eigenvalue weighted by molar-refractivity contribution is -0.145. The normalized spacial score (nSPS) is 19.8. The molecular formula is C12H21NO5. The summed E-state index contributed by atoms with van der Waals surface area (Å²) >= 11 is 0. The van der Waals surface area contributed by atoms with Crippen molar-refractivity contribution < 1.29 is 23.8 Å². The first-order valence-corrected chi connectivity index (χ1v) is 6.13. The van der Waals surface area contributed by atoms with Crippen molar-refractivity contribution in [2.45, 2.75) is 26.4 Å². The third-order valence-corrected chi connectivity index (χ3v) is 2.56. The monoisotopic (exact) mass is 259 g/mol. The molecule has 0 N–H and O–H groups in total. The maximum atomic E-state index is 11.7. The largest absolute Gasteiger partial charge is 0.469 e. The fraction of sp³-hybridized carbons (Fsp3) is 0.833. The molecule has 1 heterocycles. The molecule has 1 unspecified atom stereocenters. The lowest BCUT2D eigenvalue weighted by atomic mass is 10.2. The Morgan fingerprint density at radius 2 is 2.17 bits per heavy atom. The molecule has 1 rings (SSSR count). The van der Waals surface area contributed by atoms with Gasteiger partial charge in [0.2, 0.25) is 0 Å². The predicted molar refractivity (Wildman–Crippen MR) is 64.1 cm³/mol. The van der Waals surface area contributed by atoms with Gasteiger partial charge < -0.3 is 19.1 Å². The van der Waals surface area contributed by atoms with E-state index in [1.165, 1.54) is 7.11 Å². The van der Waals surface area contributed by atoms with Crippen LogP contribution < -0.4 is 0 Å². The van der Waals surface area contributed by atoms with Gasteiger partial charge in [0.15, 0.2) is 0 Å². The number of ether oxygens (including phenoxy) is 3. The number of carbonyl (C=O) groups excluding carboxylic acids is 2. The van der Waals surface area contributed by atoms with Crippen molar-refractivity contribution in [3.05, 3.63) is 0 Å². The molecule has 104 valence electrons. The number of morpholine rings is 1. The van der Waals surface area contributed by atoms with Crippen molar-refractivity contribution in [3.63, 3.8) is 0 Å². The molecule has 0 spiro atoms. The number of methoxy groups -OCH3 is 1. The highest BCUT2D eigenvalue weighted by atomic mass is 16.6. The Bertz CT molecular complexity index is 292. The van der Waals surface area contributed by atoms with Crippen LogP contribution in [0, 0.1) is 5.92 Å². The highest BCUT2D eigenvalue weighted by molar-refractivity contribution is 5.70. The van der Waals surface area contributed by atoms with Gasteiger partial charge in [0.25, 0.3) is 0 Å². The van der Waals surface area contributed by atoms with Crippen LogP contribution in [0.2, 0.25) is 0 Å². The zero-order chi connectivity index (χ0) is 13.5. The first-order valence-electron chi connectivity index (χ1n) is 6.13. The molecule has 1 saturated heterocycles. The Labute approximate surface area is 107 Å². The van der Waals surface area contributed by atoms with E-state index in [0.717, 1.165) is 0 Å². The Hall–Kier alpha value is -1.30. The van der Waals surface area contributed by atoms with E-state index in [4.69, 9.17) is 9.47 Å². The molecule has 0 saturated carbocycles. The summed E-state index contributed by atoms with van der Waals surface area (Å²) in [5.41, 5.74) is 0. The molecular weight excluding hydrogens is 238 g/mol. The van der Waals surface area contributed by atoms with Gasteiger partial charge in [-0.2, -0.15) is 0 Å². The Morgan fingerprint density at radius 3 is 2.78 bits per heavy atom. The Morgan fingerprint density at radius 1 is 1.44 bits per heavy atom. The van der Waals surface area contributed by atoms with Gasteiger partial charge >= 0.3 is 12.1 Å². The van der Waals surface area contributed by atoms with E-state index < -0.39 is 0 Å². The molecule has 1 fully saturated rings. The molecule has 0 aromatic carbocycles. The third-order valence-electron chi connectivity index (χ3n) is 2.56. The summed E-state index contributed by atoms with van der Waals surface area (Å²) in [4.78, 5) is 24.4. The molecule has 0 aliphatic carbocycles. The summed E-state index contributed by atoms with van der Waals surface area (Å²) in [6.45, 7) is 5.64. The number of carbonyl (C=O) groups is 2. The van der Waals surface area contributed by atoms with Gasteiger partial charge in [0.1, 0.15) is 0 Å². The molecule has 1 atom stereocenters. The number of nitrogens with zero attached hydrogens (tertiary/aromatic N) is 1. The van der Waals surface area contributed by atoms with E-state index >= 15 is 0 Å². The van der Waals surface area contributed by atoms with Crippen LogP contribution in [0.15, 0.2) is 0 Å². The Kier molecular flexibility index (Phi) is 5.91. The highest BCUT2D eigenvalue weighted by Gasteiger charge is 2.27. The van der Waals surface area contributed by atoms with Gasteiger partial charge in [0, 0.05) is 6.54 Å². The third kappa shape index (κ3) is 4.91. The smallest absolute Gasteiger partial charge is 0.409 e. The second-order valence-corrected chi connectivity index (χ2v) is 4.69. The van der Waals surface area contributed by atoms with E-state index in [0.29, 0.717) is 32.2 Å². The number of hydrogen-bond donors (Lipinski definition) is 0. The summed E-state index contributed by atoms with van der Waals surface area (Å²) in [7, 11) is 1.33. The number of esters is 1. The summed E-state index contributed by atoms with van der Waals surface area (Å²) in [5.74, 6) is -0.0294. The fourth-order valence-corrected chi connectivity index (χ4v) is 1.61. The van der Waals surface area contributed by atoms with E-state index in [-0.39, 0.29) is 24.6 Å². The average Bonchev–Trinajstić information content (AvgIpc) is 2.36. The minimum atomic E-state index is -0.345. The van der Waals surface area contributed by atoms with Crippen LogP contribution >= 0.6 is 0 Å². The molecule has 1 aliphatic rings. The van der Waals surface area contributed by atoms with Crippen LogP contribution in [0.25, 0.3) is 0 Å². The van der Waals surface area contributed by atoms with Gasteiger partial charge in [-0.25, -0.2) is 4.79 Å². The maximum Gasteiger partial charge on any atom is 0.409 e. The molecule has 1 amide bonds. The molecule has 0 radical (unpaired) electrons. The van der Waals surface area contributed by atoms with Gasteiger partial charge in [-0.1, -0.05) is 13.8 Å². The van der Waals surface area contributed by atoms with Crippen molar-refractivity contribution in [1.82, 2.24) is 4.90 Å².